The molecule has 5 aromatic carbocycles. The monoisotopic (exact) mass is 829 g/mol. The van der Waals surface area contributed by atoms with Gasteiger partial charge in [-0.05, 0) is 62.7 Å². The molecule has 0 amide bonds. The Kier molecular flexibility index (Phi) is 12.1. The third kappa shape index (κ3) is 7.89. The SMILES string of the molecule is Cc1ccc(S(=O)(=O)N2C3=N[C@H](CO[Si](c4ccccc4)(c4ccccc4)C(C)(C)C)CCN3CC[C@H]2CO[Si](c2ccccc2)(c2ccccc2)C(C)(C)C)cc1. The molecule has 1 fully saturated rings. The molecule has 10 heteroatoms. The van der Waals surface area contributed by atoms with Crippen molar-refractivity contribution in [3.8, 4) is 0 Å². The van der Waals surface area contributed by atoms with Gasteiger partial charge < -0.3 is 13.8 Å². The van der Waals surface area contributed by atoms with Crippen LogP contribution in [0, 0.1) is 6.92 Å². The molecule has 0 aliphatic carbocycles. The molecule has 7 rings (SSSR count). The van der Waals surface area contributed by atoms with Gasteiger partial charge in [-0.25, -0.2) is 17.7 Å². The van der Waals surface area contributed by atoms with E-state index in [1.807, 2.05) is 31.2 Å². The zero-order valence-corrected chi connectivity index (χ0v) is 38.0. The Hall–Kier alpha value is -4.33. The van der Waals surface area contributed by atoms with Crippen LogP contribution in [0.2, 0.25) is 10.1 Å². The van der Waals surface area contributed by atoms with Gasteiger partial charge in [-0.1, -0.05) is 181 Å². The van der Waals surface area contributed by atoms with E-state index in [0.29, 0.717) is 32.1 Å². The number of nitrogens with zero attached hydrogens (tertiary/aromatic N) is 3. The van der Waals surface area contributed by atoms with Crippen molar-refractivity contribution >= 4 is 53.4 Å². The molecular formula is C48H59N3O4SSi2. The number of sulfonamides is 1. The van der Waals surface area contributed by atoms with Gasteiger partial charge >= 0.3 is 0 Å². The fraction of sp³-hybridized carbons (Fsp3) is 0.354. The number of guanidine groups is 1. The van der Waals surface area contributed by atoms with Crippen molar-refractivity contribution in [2.24, 2.45) is 4.99 Å². The van der Waals surface area contributed by atoms with Crippen molar-refractivity contribution in [2.45, 2.75) is 88.4 Å². The Morgan fingerprint density at radius 3 is 1.40 bits per heavy atom. The van der Waals surface area contributed by atoms with Crippen LogP contribution in [0.3, 0.4) is 0 Å². The third-order valence-corrected chi connectivity index (χ3v) is 23.8. The maximum atomic E-state index is 15.1. The van der Waals surface area contributed by atoms with Gasteiger partial charge in [0.2, 0.25) is 5.96 Å². The lowest BCUT2D eigenvalue weighted by Crippen LogP contribution is -2.68. The first-order valence-electron chi connectivity index (χ1n) is 20.6. The molecule has 58 heavy (non-hydrogen) atoms. The Balaban J connectivity index is 1.29. The van der Waals surface area contributed by atoms with Gasteiger partial charge in [-0.15, -0.1) is 0 Å². The number of benzene rings is 5. The van der Waals surface area contributed by atoms with Crippen LogP contribution in [0.25, 0.3) is 0 Å². The Labute approximate surface area is 349 Å². The first kappa shape index (κ1) is 41.8. The third-order valence-electron chi connectivity index (χ3n) is 12.0. The Morgan fingerprint density at radius 2 is 0.983 bits per heavy atom. The molecule has 2 aliphatic rings. The second kappa shape index (κ2) is 16.7. The van der Waals surface area contributed by atoms with Gasteiger partial charge in [0.15, 0.2) is 0 Å². The van der Waals surface area contributed by atoms with E-state index in [2.05, 4.69) is 156 Å². The van der Waals surface area contributed by atoms with E-state index >= 15 is 8.42 Å². The highest BCUT2D eigenvalue weighted by Crippen LogP contribution is 2.39. The fourth-order valence-corrected chi connectivity index (χ4v) is 19.9. The summed E-state index contributed by atoms with van der Waals surface area (Å²) in [6.45, 7) is 17.6. The minimum Gasteiger partial charge on any atom is -0.405 e. The molecule has 7 nitrogen and oxygen atoms in total. The molecule has 5 aromatic rings. The van der Waals surface area contributed by atoms with Crippen LogP contribution in [0.1, 0.15) is 59.9 Å². The standard InChI is InChI=1S/C48H59N3O4SSi2/c1-38-28-30-41(31-29-38)56(52,53)51-40(37-55-58(48(5,6)7,44-24-16-10-17-25-44)45-26-18-11-19-27-45)33-35-50-34-32-39(49-46(50)51)36-54-57(47(2,3)4,42-20-12-8-13-21-42)43-22-14-9-15-23-43/h8-31,39-40H,32-37H2,1-7H3/t39-,40-/m0/s1. The zero-order chi connectivity index (χ0) is 41.2. The lowest BCUT2D eigenvalue weighted by Gasteiger charge is -2.48. The summed E-state index contributed by atoms with van der Waals surface area (Å²) in [5, 5.41) is 4.28. The first-order valence-corrected chi connectivity index (χ1v) is 25.9. The van der Waals surface area contributed by atoms with Gasteiger partial charge in [0.25, 0.3) is 26.7 Å². The van der Waals surface area contributed by atoms with E-state index in [1.54, 1.807) is 16.4 Å². The van der Waals surface area contributed by atoms with E-state index in [-0.39, 0.29) is 27.6 Å². The normalized spacial score (nSPS) is 18.1. The average Bonchev–Trinajstić information content (AvgIpc) is 3.22. The molecule has 304 valence electrons. The highest BCUT2D eigenvalue weighted by Gasteiger charge is 2.53. The minimum absolute atomic E-state index is 0.196. The molecule has 0 spiro atoms. The predicted octanol–water partition coefficient (Wildman–Crippen LogP) is 7.34. The molecule has 2 atom stereocenters. The summed E-state index contributed by atoms with van der Waals surface area (Å²) in [7, 11) is -9.86. The zero-order valence-electron chi connectivity index (χ0n) is 35.1. The number of fused-ring (bicyclic) bond motifs is 1. The highest BCUT2D eigenvalue weighted by atomic mass is 32.2. The van der Waals surface area contributed by atoms with Crippen LogP contribution in [0.15, 0.2) is 155 Å². The molecular weight excluding hydrogens is 771 g/mol. The number of hydrogen-bond donors (Lipinski definition) is 0. The molecule has 2 heterocycles. The van der Waals surface area contributed by atoms with Gasteiger partial charge in [-0.2, -0.15) is 0 Å². The summed E-state index contributed by atoms with van der Waals surface area (Å²) in [6, 6.07) is 48.8. The summed E-state index contributed by atoms with van der Waals surface area (Å²) in [6.07, 6.45) is 1.38. The largest absolute Gasteiger partial charge is 0.405 e. The lowest BCUT2D eigenvalue weighted by molar-refractivity contribution is 0.162. The maximum Gasteiger partial charge on any atom is 0.266 e. The number of aryl methyl sites for hydroxylation is 1. The number of aliphatic imine (C=N–C) groups is 1. The van der Waals surface area contributed by atoms with E-state index < -0.39 is 32.7 Å². The van der Waals surface area contributed by atoms with Crippen LogP contribution in [-0.4, -0.2) is 78.6 Å². The van der Waals surface area contributed by atoms with Crippen molar-refractivity contribution in [3.05, 3.63) is 151 Å². The van der Waals surface area contributed by atoms with Gasteiger partial charge in [-0.3, -0.25) is 0 Å². The van der Waals surface area contributed by atoms with Crippen LogP contribution in [0.5, 0.6) is 0 Å². The van der Waals surface area contributed by atoms with Gasteiger partial charge in [0.05, 0.1) is 30.2 Å². The Bertz CT molecular complexity index is 2180. The molecule has 2 aliphatic heterocycles. The summed E-state index contributed by atoms with van der Waals surface area (Å²) in [5.74, 6) is 0.491. The lowest BCUT2D eigenvalue weighted by atomic mass is 10.1. The molecule has 0 unspecified atom stereocenters. The summed E-state index contributed by atoms with van der Waals surface area (Å²) in [5.41, 5.74) is 1.00. The number of rotatable bonds is 12. The van der Waals surface area contributed by atoms with Crippen LogP contribution in [-0.2, 0) is 18.9 Å². The van der Waals surface area contributed by atoms with Gasteiger partial charge in [0.1, 0.15) is 0 Å². The van der Waals surface area contributed by atoms with E-state index in [1.165, 1.54) is 10.4 Å². The van der Waals surface area contributed by atoms with Gasteiger partial charge in [0, 0.05) is 13.1 Å². The van der Waals surface area contributed by atoms with Crippen molar-refractivity contribution in [2.75, 3.05) is 26.3 Å². The minimum atomic E-state index is -4.04. The summed E-state index contributed by atoms with van der Waals surface area (Å²) in [4.78, 5) is 7.78. The van der Waals surface area contributed by atoms with Crippen LogP contribution >= 0.6 is 0 Å². The topological polar surface area (TPSA) is 71.4 Å². The fourth-order valence-electron chi connectivity index (χ4n) is 9.07. The average molecular weight is 830 g/mol. The first-order chi connectivity index (χ1) is 27.7. The maximum absolute atomic E-state index is 15.1. The number of hydrogen-bond acceptors (Lipinski definition) is 6. The van der Waals surface area contributed by atoms with Crippen molar-refractivity contribution in [1.29, 1.82) is 0 Å². The molecule has 1 saturated heterocycles. The summed E-state index contributed by atoms with van der Waals surface area (Å²) >= 11 is 0. The van der Waals surface area contributed by atoms with E-state index in [4.69, 9.17) is 13.8 Å². The summed E-state index contributed by atoms with van der Waals surface area (Å²) < 4.78 is 46.7. The molecule has 0 saturated carbocycles. The highest BCUT2D eigenvalue weighted by molar-refractivity contribution is 7.89. The van der Waals surface area contributed by atoms with E-state index in [0.717, 1.165) is 22.4 Å². The van der Waals surface area contributed by atoms with Crippen LogP contribution in [0.4, 0.5) is 0 Å². The predicted molar refractivity (Wildman–Crippen MR) is 243 cm³/mol. The molecule has 0 aromatic heterocycles. The second-order valence-electron chi connectivity index (χ2n) is 17.9. The molecule has 0 bridgehead atoms. The molecule has 0 N–H and O–H groups in total. The quantitative estimate of drug-likeness (QED) is 0.123. The smallest absolute Gasteiger partial charge is 0.266 e. The molecule has 0 radical (unpaired) electrons. The van der Waals surface area contributed by atoms with Crippen molar-refractivity contribution in [1.82, 2.24) is 9.21 Å². The van der Waals surface area contributed by atoms with Crippen LogP contribution < -0.4 is 20.7 Å². The van der Waals surface area contributed by atoms with Crippen molar-refractivity contribution in [3.63, 3.8) is 0 Å². The van der Waals surface area contributed by atoms with Crippen molar-refractivity contribution < 1.29 is 17.3 Å². The Morgan fingerprint density at radius 1 is 0.586 bits per heavy atom. The van der Waals surface area contributed by atoms with E-state index in [9.17, 15) is 0 Å². The second-order valence-corrected chi connectivity index (χ2v) is 28.3.